The van der Waals surface area contributed by atoms with Gasteiger partial charge in [0, 0.05) is 6.54 Å². The fourth-order valence-corrected chi connectivity index (χ4v) is 1.17. The normalized spacial score (nSPS) is 16.0. The van der Waals surface area contributed by atoms with E-state index in [0.29, 0.717) is 13.0 Å². The Morgan fingerprint density at radius 1 is 1.44 bits per heavy atom. The number of nitrogens with one attached hydrogen (secondary N) is 1. The van der Waals surface area contributed by atoms with E-state index in [2.05, 4.69) is 5.32 Å². The molecule has 1 heterocycles. The van der Waals surface area contributed by atoms with Crippen molar-refractivity contribution >= 4 is 6.41 Å². The van der Waals surface area contributed by atoms with Crippen LogP contribution in [0.15, 0.2) is 24.3 Å². The molecule has 100 valence electrons. The first-order valence-corrected chi connectivity index (χ1v) is 5.86. The van der Waals surface area contributed by atoms with Crippen LogP contribution in [0.2, 0.25) is 0 Å². The number of ether oxygens (including phenoxy) is 3. The maximum absolute atomic E-state index is 9.29. The highest BCUT2D eigenvalue weighted by atomic mass is 16.6. The molecule has 1 unspecified atom stereocenters. The van der Waals surface area contributed by atoms with Gasteiger partial charge < -0.3 is 19.5 Å². The van der Waals surface area contributed by atoms with Gasteiger partial charge in [0.15, 0.2) is 11.5 Å². The third-order valence-corrected chi connectivity index (χ3v) is 2.18. The molecule has 1 saturated heterocycles. The van der Waals surface area contributed by atoms with Crippen LogP contribution in [-0.4, -0.2) is 39.4 Å². The minimum Gasteiger partial charge on any atom is -0.493 e. The van der Waals surface area contributed by atoms with Crippen LogP contribution in [0, 0.1) is 0 Å². The molecule has 1 amide bonds. The number of carbonyl (C=O) groups is 1. The Balaban J connectivity index is 0.000000280. The molecule has 18 heavy (non-hydrogen) atoms. The second-order valence-corrected chi connectivity index (χ2v) is 3.59. The van der Waals surface area contributed by atoms with Crippen LogP contribution in [0.25, 0.3) is 0 Å². The molecule has 1 aromatic rings. The molecule has 0 saturated carbocycles. The van der Waals surface area contributed by atoms with Crippen molar-refractivity contribution < 1.29 is 19.0 Å². The zero-order valence-electron chi connectivity index (χ0n) is 10.7. The van der Waals surface area contributed by atoms with Crippen molar-refractivity contribution in [2.45, 2.75) is 13.0 Å². The Morgan fingerprint density at radius 3 is 2.56 bits per heavy atom. The molecule has 0 aliphatic carbocycles. The highest BCUT2D eigenvalue weighted by molar-refractivity contribution is 5.45. The Labute approximate surface area is 107 Å². The van der Waals surface area contributed by atoms with Gasteiger partial charge in [-0.25, -0.2) is 0 Å². The molecule has 1 atom stereocenters. The number of hydrogen-bond acceptors (Lipinski definition) is 4. The summed E-state index contributed by atoms with van der Waals surface area (Å²) in [4.78, 5) is 9.29. The molecule has 0 spiro atoms. The van der Waals surface area contributed by atoms with E-state index in [-0.39, 0.29) is 6.10 Å². The van der Waals surface area contributed by atoms with Crippen LogP contribution < -0.4 is 14.8 Å². The summed E-state index contributed by atoms with van der Waals surface area (Å²) in [6.45, 7) is 4.02. The number of rotatable bonds is 6. The average molecular weight is 253 g/mol. The second-order valence-electron chi connectivity index (χ2n) is 3.59. The molecule has 1 aromatic carbocycles. The lowest BCUT2D eigenvalue weighted by Gasteiger charge is -2.08. The maximum atomic E-state index is 9.29. The fourth-order valence-electron chi connectivity index (χ4n) is 1.17. The number of amides is 1. The van der Waals surface area contributed by atoms with Crippen LogP contribution in [0.1, 0.15) is 6.92 Å². The molecular formula is C13H19NO4. The van der Waals surface area contributed by atoms with Crippen molar-refractivity contribution in [2.75, 3.05) is 26.9 Å². The number of carbonyl (C=O) groups excluding carboxylic acids is 1. The summed E-state index contributed by atoms with van der Waals surface area (Å²) in [6.07, 6.45) is 0.963. The zero-order valence-corrected chi connectivity index (χ0v) is 10.7. The third-order valence-electron chi connectivity index (χ3n) is 2.18. The van der Waals surface area contributed by atoms with E-state index in [4.69, 9.17) is 14.2 Å². The van der Waals surface area contributed by atoms with Crippen LogP contribution in [-0.2, 0) is 9.53 Å². The number of para-hydroxylation sites is 2. The molecule has 0 radical (unpaired) electrons. The fraction of sp³-hybridized carbons (Fsp3) is 0.462. The molecule has 1 fully saturated rings. The first-order chi connectivity index (χ1) is 8.81. The van der Waals surface area contributed by atoms with E-state index in [9.17, 15) is 4.79 Å². The van der Waals surface area contributed by atoms with Crippen LogP contribution in [0.4, 0.5) is 0 Å². The number of epoxide rings is 1. The Bertz CT molecular complexity index is 353. The van der Waals surface area contributed by atoms with Crippen molar-refractivity contribution in [2.24, 2.45) is 0 Å². The smallest absolute Gasteiger partial charge is 0.207 e. The summed E-state index contributed by atoms with van der Waals surface area (Å²) in [7, 11) is 1.63. The molecule has 1 aliphatic rings. The number of methoxy groups -OCH3 is 1. The van der Waals surface area contributed by atoms with Gasteiger partial charge in [-0.1, -0.05) is 12.1 Å². The summed E-state index contributed by atoms with van der Waals surface area (Å²) in [5.74, 6) is 1.55. The Morgan fingerprint density at radius 2 is 2.11 bits per heavy atom. The predicted molar refractivity (Wildman–Crippen MR) is 68.0 cm³/mol. The largest absolute Gasteiger partial charge is 0.493 e. The minimum absolute atomic E-state index is 0.282. The van der Waals surface area contributed by atoms with Crippen LogP contribution in [0.5, 0.6) is 11.5 Å². The van der Waals surface area contributed by atoms with Gasteiger partial charge in [0.25, 0.3) is 0 Å². The molecule has 0 bridgehead atoms. The van der Waals surface area contributed by atoms with Crippen molar-refractivity contribution in [3.8, 4) is 11.5 Å². The zero-order chi connectivity index (χ0) is 13.2. The van der Waals surface area contributed by atoms with Gasteiger partial charge in [-0.15, -0.1) is 0 Å². The lowest BCUT2D eigenvalue weighted by molar-refractivity contribution is -0.109. The van der Waals surface area contributed by atoms with E-state index in [0.717, 1.165) is 24.7 Å². The predicted octanol–water partition coefficient (Wildman–Crippen LogP) is 1.23. The van der Waals surface area contributed by atoms with E-state index >= 15 is 0 Å². The molecule has 1 N–H and O–H groups in total. The topological polar surface area (TPSA) is 60.1 Å². The second kappa shape index (κ2) is 8.36. The van der Waals surface area contributed by atoms with Crippen molar-refractivity contribution in [3.05, 3.63) is 24.3 Å². The molecule has 5 heteroatoms. The third kappa shape index (κ3) is 5.54. The molecule has 0 aromatic heterocycles. The Hall–Kier alpha value is -1.75. The SMILES string of the molecule is CCNC=O.COc1ccccc1OCC1CO1. The lowest BCUT2D eigenvalue weighted by atomic mass is 10.3. The summed E-state index contributed by atoms with van der Waals surface area (Å²) >= 11 is 0. The van der Waals surface area contributed by atoms with Gasteiger partial charge in [0.05, 0.1) is 13.7 Å². The quantitative estimate of drug-likeness (QED) is 0.612. The minimum atomic E-state index is 0.282. The van der Waals surface area contributed by atoms with E-state index in [1.165, 1.54) is 0 Å². The van der Waals surface area contributed by atoms with Gasteiger partial charge in [-0.2, -0.15) is 0 Å². The van der Waals surface area contributed by atoms with E-state index in [1.807, 2.05) is 31.2 Å². The van der Waals surface area contributed by atoms with Gasteiger partial charge in [-0.3, -0.25) is 4.79 Å². The maximum Gasteiger partial charge on any atom is 0.207 e. The molecule has 1 aliphatic heterocycles. The highest BCUT2D eigenvalue weighted by Gasteiger charge is 2.23. The van der Waals surface area contributed by atoms with Crippen LogP contribution in [0.3, 0.4) is 0 Å². The van der Waals surface area contributed by atoms with Crippen molar-refractivity contribution in [1.82, 2.24) is 5.32 Å². The van der Waals surface area contributed by atoms with Crippen molar-refractivity contribution in [1.29, 1.82) is 0 Å². The first kappa shape index (κ1) is 14.3. The number of benzene rings is 1. The van der Waals surface area contributed by atoms with Gasteiger partial charge >= 0.3 is 0 Å². The Kier molecular flexibility index (Phi) is 6.64. The summed E-state index contributed by atoms with van der Waals surface area (Å²) in [6, 6.07) is 7.61. The highest BCUT2D eigenvalue weighted by Crippen LogP contribution is 2.26. The van der Waals surface area contributed by atoms with Gasteiger partial charge in [0.1, 0.15) is 12.7 Å². The van der Waals surface area contributed by atoms with E-state index in [1.54, 1.807) is 7.11 Å². The average Bonchev–Trinajstić information content (AvgIpc) is 3.22. The molecule has 5 nitrogen and oxygen atoms in total. The summed E-state index contributed by atoms with van der Waals surface area (Å²) in [5.41, 5.74) is 0. The molecular weight excluding hydrogens is 234 g/mol. The number of hydrogen-bond donors (Lipinski definition) is 1. The first-order valence-electron chi connectivity index (χ1n) is 5.86. The van der Waals surface area contributed by atoms with Gasteiger partial charge in [-0.05, 0) is 19.1 Å². The summed E-state index contributed by atoms with van der Waals surface area (Å²) < 4.78 is 15.7. The molecule has 2 rings (SSSR count). The van der Waals surface area contributed by atoms with Crippen LogP contribution >= 0.6 is 0 Å². The summed E-state index contributed by atoms with van der Waals surface area (Å²) in [5, 5.41) is 2.43. The van der Waals surface area contributed by atoms with Gasteiger partial charge in [0.2, 0.25) is 6.41 Å². The van der Waals surface area contributed by atoms with E-state index < -0.39 is 0 Å². The van der Waals surface area contributed by atoms with Crippen molar-refractivity contribution in [3.63, 3.8) is 0 Å². The monoisotopic (exact) mass is 253 g/mol. The standard InChI is InChI=1S/C10H12O3.C3H7NO/c1-11-9-4-2-3-5-10(9)13-7-8-6-12-8;1-2-4-3-5/h2-5,8H,6-7H2,1H3;3H,2H2,1H3,(H,4,5). The lowest BCUT2D eigenvalue weighted by Crippen LogP contribution is -2.07.